The SMILES string of the molecule is Cc1c([C@@H](NC(=O)Nc2ccc3nc(N)nn3c2)C(F)(F)F)sc2c(F)cc(F)cc12. The first kappa shape index (κ1) is 20.8. The summed E-state index contributed by atoms with van der Waals surface area (Å²) in [5.74, 6) is -1.89. The topological polar surface area (TPSA) is 97.3 Å². The third kappa shape index (κ3) is 3.95. The average molecular weight is 456 g/mol. The summed E-state index contributed by atoms with van der Waals surface area (Å²) >= 11 is 0.507. The number of hydrogen-bond acceptors (Lipinski definition) is 5. The van der Waals surface area contributed by atoms with E-state index in [0.717, 1.165) is 6.07 Å². The smallest absolute Gasteiger partial charge is 0.366 e. The van der Waals surface area contributed by atoms with Crippen molar-refractivity contribution in [3.8, 4) is 0 Å². The second-order valence-electron chi connectivity index (χ2n) is 6.62. The predicted octanol–water partition coefficient (Wildman–Crippen LogP) is 4.54. The number of aromatic nitrogens is 3. The van der Waals surface area contributed by atoms with Crippen LogP contribution >= 0.6 is 11.3 Å². The summed E-state index contributed by atoms with van der Waals surface area (Å²) in [6, 6.07) is 0.844. The van der Waals surface area contributed by atoms with Gasteiger partial charge in [0, 0.05) is 16.3 Å². The molecule has 0 aliphatic heterocycles. The van der Waals surface area contributed by atoms with Crippen LogP contribution in [0, 0.1) is 18.6 Å². The monoisotopic (exact) mass is 456 g/mol. The number of fused-ring (bicyclic) bond motifs is 2. The summed E-state index contributed by atoms with van der Waals surface area (Å²) < 4.78 is 70.0. The molecule has 1 atom stereocenters. The van der Waals surface area contributed by atoms with Crippen LogP contribution in [-0.2, 0) is 0 Å². The normalized spacial score (nSPS) is 13.0. The van der Waals surface area contributed by atoms with Gasteiger partial charge in [0.05, 0.1) is 16.6 Å². The van der Waals surface area contributed by atoms with Gasteiger partial charge in [0.25, 0.3) is 0 Å². The molecule has 0 radical (unpaired) electrons. The molecule has 0 saturated heterocycles. The van der Waals surface area contributed by atoms with E-state index in [-0.39, 0.29) is 32.2 Å². The van der Waals surface area contributed by atoms with Gasteiger partial charge in [-0.05, 0) is 30.7 Å². The number of urea groups is 1. The Morgan fingerprint density at radius 3 is 2.71 bits per heavy atom. The van der Waals surface area contributed by atoms with Crippen LogP contribution in [0.5, 0.6) is 0 Å². The number of nitrogen functional groups attached to an aromatic ring is 1. The molecule has 4 N–H and O–H groups in total. The zero-order valence-corrected chi connectivity index (χ0v) is 16.4. The fourth-order valence-corrected chi connectivity index (χ4v) is 4.38. The number of hydrogen-bond donors (Lipinski definition) is 3. The van der Waals surface area contributed by atoms with Gasteiger partial charge >= 0.3 is 12.2 Å². The highest BCUT2D eigenvalue weighted by Crippen LogP contribution is 2.42. The van der Waals surface area contributed by atoms with Crippen LogP contribution in [0.15, 0.2) is 30.5 Å². The van der Waals surface area contributed by atoms with Crippen molar-refractivity contribution in [3.63, 3.8) is 0 Å². The van der Waals surface area contributed by atoms with Crippen LogP contribution in [0.4, 0.5) is 38.4 Å². The maximum absolute atomic E-state index is 14.0. The lowest BCUT2D eigenvalue weighted by Gasteiger charge is -2.21. The Balaban J connectivity index is 1.64. The van der Waals surface area contributed by atoms with Gasteiger partial charge in [0.15, 0.2) is 11.7 Å². The summed E-state index contributed by atoms with van der Waals surface area (Å²) in [6.45, 7) is 1.31. The number of pyridine rings is 1. The molecule has 0 fully saturated rings. The van der Waals surface area contributed by atoms with Crippen LogP contribution in [0.1, 0.15) is 16.5 Å². The molecule has 0 bridgehead atoms. The molecule has 0 unspecified atom stereocenters. The second kappa shape index (κ2) is 7.34. The highest BCUT2D eigenvalue weighted by molar-refractivity contribution is 7.19. The summed E-state index contributed by atoms with van der Waals surface area (Å²) in [4.78, 5) is 15.9. The molecule has 162 valence electrons. The third-order valence-corrected chi connectivity index (χ3v) is 5.85. The van der Waals surface area contributed by atoms with E-state index < -0.39 is 29.9 Å². The van der Waals surface area contributed by atoms with Gasteiger partial charge in [-0.25, -0.2) is 18.1 Å². The number of alkyl halides is 3. The molecule has 3 aromatic heterocycles. The van der Waals surface area contributed by atoms with E-state index in [4.69, 9.17) is 5.73 Å². The van der Waals surface area contributed by atoms with E-state index in [1.54, 1.807) is 0 Å². The highest BCUT2D eigenvalue weighted by atomic mass is 32.1. The van der Waals surface area contributed by atoms with Crippen molar-refractivity contribution in [2.75, 3.05) is 11.1 Å². The van der Waals surface area contributed by atoms with Crippen molar-refractivity contribution in [1.82, 2.24) is 19.9 Å². The number of nitrogens with zero attached hydrogens (tertiary/aromatic N) is 3. The standard InChI is InChI=1S/C18H13F5N6OS/c1-7-10-4-8(19)5-11(20)14(10)31-13(7)15(18(21,22)23)27-17(30)25-9-2-3-12-26-16(24)28-29(12)6-9/h2-6,15H,1H3,(H2,24,28)(H2,25,27,30)/t15-/m1/s1. The molecule has 0 aliphatic carbocycles. The maximum Gasteiger partial charge on any atom is 0.413 e. The number of nitrogens with one attached hydrogen (secondary N) is 2. The number of anilines is 2. The van der Waals surface area contributed by atoms with Crippen molar-refractivity contribution in [2.24, 2.45) is 0 Å². The van der Waals surface area contributed by atoms with Crippen LogP contribution in [0.2, 0.25) is 0 Å². The van der Waals surface area contributed by atoms with Gasteiger partial charge in [-0.1, -0.05) is 0 Å². The zero-order chi connectivity index (χ0) is 22.5. The fraction of sp³-hybridized carbons (Fsp3) is 0.167. The molecule has 0 saturated carbocycles. The number of benzene rings is 1. The molecule has 4 rings (SSSR count). The van der Waals surface area contributed by atoms with E-state index in [1.165, 1.54) is 29.8 Å². The van der Waals surface area contributed by atoms with Crippen molar-refractivity contribution in [3.05, 3.63) is 52.5 Å². The molecule has 3 heterocycles. The number of carbonyl (C=O) groups is 1. The largest absolute Gasteiger partial charge is 0.413 e. The van der Waals surface area contributed by atoms with Gasteiger partial charge in [-0.2, -0.15) is 18.2 Å². The maximum atomic E-state index is 14.0. The fourth-order valence-electron chi connectivity index (χ4n) is 3.11. The van der Waals surface area contributed by atoms with Crippen molar-refractivity contribution in [2.45, 2.75) is 19.1 Å². The van der Waals surface area contributed by atoms with E-state index in [9.17, 15) is 26.7 Å². The quantitative estimate of drug-likeness (QED) is 0.395. The van der Waals surface area contributed by atoms with Gasteiger partial charge in [0.2, 0.25) is 5.95 Å². The van der Waals surface area contributed by atoms with Crippen molar-refractivity contribution >= 4 is 44.7 Å². The van der Waals surface area contributed by atoms with Gasteiger partial charge in [0.1, 0.15) is 11.6 Å². The molecule has 1 aromatic carbocycles. The summed E-state index contributed by atoms with van der Waals surface area (Å²) in [5, 5.41) is 8.00. The number of halogens is 5. The van der Waals surface area contributed by atoms with Crippen LogP contribution in [0.3, 0.4) is 0 Å². The third-order valence-electron chi connectivity index (χ3n) is 4.46. The Hall–Kier alpha value is -3.48. The van der Waals surface area contributed by atoms with Gasteiger partial charge < -0.3 is 16.4 Å². The number of rotatable bonds is 3. The Bertz CT molecular complexity index is 1310. The first-order chi connectivity index (χ1) is 14.5. The molecular formula is C18H13F5N6OS. The number of aryl methyl sites for hydroxylation is 1. The minimum absolute atomic E-state index is 0.0114. The lowest BCUT2D eigenvalue weighted by molar-refractivity contribution is -0.154. The van der Waals surface area contributed by atoms with Crippen molar-refractivity contribution in [1.29, 1.82) is 0 Å². The minimum Gasteiger partial charge on any atom is -0.366 e. The molecule has 4 aromatic rings. The lowest BCUT2D eigenvalue weighted by atomic mass is 10.1. The summed E-state index contributed by atoms with van der Waals surface area (Å²) in [7, 11) is 0. The first-order valence-corrected chi connectivity index (χ1v) is 9.49. The van der Waals surface area contributed by atoms with E-state index in [2.05, 4.69) is 15.4 Å². The molecular weight excluding hydrogens is 443 g/mol. The number of amides is 2. The van der Waals surface area contributed by atoms with E-state index in [0.29, 0.717) is 23.1 Å². The number of carbonyl (C=O) groups excluding carboxylic acids is 1. The van der Waals surface area contributed by atoms with Crippen LogP contribution in [-0.4, -0.2) is 26.8 Å². The molecule has 0 spiro atoms. The molecule has 31 heavy (non-hydrogen) atoms. The Kier molecular flexibility index (Phi) is 4.92. The lowest BCUT2D eigenvalue weighted by Crippen LogP contribution is -2.40. The molecule has 2 amide bonds. The van der Waals surface area contributed by atoms with Gasteiger partial charge in [-0.15, -0.1) is 16.4 Å². The first-order valence-electron chi connectivity index (χ1n) is 8.67. The van der Waals surface area contributed by atoms with Gasteiger partial charge in [-0.3, -0.25) is 0 Å². The van der Waals surface area contributed by atoms with Crippen molar-refractivity contribution < 1.29 is 26.7 Å². The van der Waals surface area contributed by atoms with Crippen LogP contribution in [0.25, 0.3) is 15.7 Å². The average Bonchev–Trinajstić information content (AvgIpc) is 3.18. The zero-order valence-electron chi connectivity index (χ0n) is 15.6. The van der Waals surface area contributed by atoms with E-state index >= 15 is 0 Å². The predicted molar refractivity (Wildman–Crippen MR) is 105 cm³/mol. The molecule has 13 heteroatoms. The number of nitrogens with two attached hydrogens (primary N) is 1. The number of thiophene rings is 1. The summed E-state index contributed by atoms with van der Waals surface area (Å²) in [5.41, 5.74) is 6.01. The highest BCUT2D eigenvalue weighted by Gasteiger charge is 2.44. The Morgan fingerprint density at radius 2 is 2.00 bits per heavy atom. The Morgan fingerprint density at radius 1 is 1.26 bits per heavy atom. The van der Waals surface area contributed by atoms with Crippen LogP contribution < -0.4 is 16.4 Å². The van der Waals surface area contributed by atoms with E-state index in [1.807, 2.05) is 5.32 Å². The summed E-state index contributed by atoms with van der Waals surface area (Å²) in [6.07, 6.45) is -3.56. The molecule has 0 aliphatic rings. The molecule has 7 nitrogen and oxygen atoms in total. The second-order valence-corrected chi connectivity index (χ2v) is 7.67. The minimum atomic E-state index is -4.89. The Labute approximate surface area is 174 Å².